The number of carbonyl (C=O) groups is 2. The van der Waals surface area contributed by atoms with Crippen molar-refractivity contribution in [2.24, 2.45) is 0 Å². The average Bonchev–Trinajstić information content (AvgIpc) is 3.13. The third-order valence-electron chi connectivity index (χ3n) is 8.32. The standard InChI is InChI=1S/C34H44Cl2N2O4SSi/c1-9-22(2)31-34(26-14-13-25(36)18-28(26)38(32(34)40)21-41-15-16-44(6,7)8)27(23-11-10-12-24(35)17-23)19-29(43)37(31)20-30(39)42-33(3,4)5/h10-14,17-18,27,31H,2,9,15-16,19-21H2,1,3-8H3/t27-,31+,34-/m0/s1. The number of thiocarbonyl (C=S) groups is 1. The first-order chi connectivity index (χ1) is 20.5. The lowest BCUT2D eigenvalue weighted by atomic mass is 9.58. The number of anilines is 1. The number of fused-ring (bicyclic) bond motifs is 2. The normalized spacial score (nSPS) is 22.0. The number of benzene rings is 2. The van der Waals surface area contributed by atoms with Gasteiger partial charge in [-0.2, -0.15) is 0 Å². The van der Waals surface area contributed by atoms with Gasteiger partial charge in [0.15, 0.2) is 0 Å². The fraction of sp³-hybridized carbons (Fsp3) is 0.500. The summed E-state index contributed by atoms with van der Waals surface area (Å²) in [5.74, 6) is -0.946. The van der Waals surface area contributed by atoms with Crippen LogP contribution in [0.1, 0.15) is 57.6 Å². The lowest BCUT2D eigenvalue weighted by Crippen LogP contribution is -2.65. The van der Waals surface area contributed by atoms with Crippen LogP contribution in [0.15, 0.2) is 54.6 Å². The van der Waals surface area contributed by atoms with E-state index in [9.17, 15) is 4.79 Å². The van der Waals surface area contributed by atoms with Crippen molar-refractivity contribution in [3.8, 4) is 0 Å². The van der Waals surface area contributed by atoms with Crippen LogP contribution in [0.4, 0.5) is 5.69 Å². The van der Waals surface area contributed by atoms with Crippen LogP contribution in [0.3, 0.4) is 0 Å². The second-order valence-electron chi connectivity index (χ2n) is 13.9. The number of piperidine rings is 1. The van der Waals surface area contributed by atoms with E-state index in [-0.39, 0.29) is 19.2 Å². The molecule has 0 saturated carbocycles. The van der Waals surface area contributed by atoms with Crippen LogP contribution in [-0.4, -0.2) is 61.4 Å². The maximum Gasteiger partial charge on any atom is 0.326 e. The van der Waals surface area contributed by atoms with E-state index >= 15 is 4.79 Å². The summed E-state index contributed by atoms with van der Waals surface area (Å²) < 4.78 is 11.9. The zero-order valence-corrected chi connectivity index (χ0v) is 30.2. The molecule has 6 nitrogen and oxygen atoms in total. The molecule has 0 radical (unpaired) electrons. The molecule has 1 spiro atoms. The van der Waals surface area contributed by atoms with Gasteiger partial charge < -0.3 is 14.4 Å². The molecule has 1 amide bonds. The van der Waals surface area contributed by atoms with Crippen molar-refractivity contribution in [2.45, 2.75) is 89.2 Å². The molecule has 4 rings (SSSR count). The fourth-order valence-corrected chi connectivity index (χ4v) is 7.81. The molecule has 1 fully saturated rings. The molecule has 1 saturated heterocycles. The summed E-state index contributed by atoms with van der Waals surface area (Å²) >= 11 is 19.1. The minimum absolute atomic E-state index is 0.0858. The molecule has 0 aliphatic carbocycles. The van der Waals surface area contributed by atoms with E-state index in [0.29, 0.717) is 40.2 Å². The Balaban J connectivity index is 1.93. The van der Waals surface area contributed by atoms with Gasteiger partial charge in [-0.15, -0.1) is 0 Å². The SMILES string of the molecule is C=C(CC)[C@H]1N(CC(=O)OC(C)(C)C)C(=S)C[C@@H](c2cccc(Cl)c2)[C@]12C(=O)N(COCC[Si](C)(C)C)c1cc(Cl)ccc12. The Morgan fingerprint density at radius 1 is 1.14 bits per heavy atom. The summed E-state index contributed by atoms with van der Waals surface area (Å²) in [4.78, 5) is 32.7. The number of hydrogen-bond acceptors (Lipinski definition) is 5. The Morgan fingerprint density at radius 2 is 1.82 bits per heavy atom. The van der Waals surface area contributed by atoms with E-state index in [0.717, 1.165) is 22.7 Å². The predicted molar refractivity (Wildman–Crippen MR) is 187 cm³/mol. The molecule has 2 aliphatic rings. The summed E-state index contributed by atoms with van der Waals surface area (Å²) in [5.41, 5.74) is 1.32. The molecule has 44 heavy (non-hydrogen) atoms. The Morgan fingerprint density at radius 3 is 2.43 bits per heavy atom. The second kappa shape index (κ2) is 13.2. The smallest absolute Gasteiger partial charge is 0.326 e. The van der Waals surface area contributed by atoms with E-state index in [4.69, 9.17) is 44.9 Å². The fourth-order valence-electron chi connectivity index (χ4n) is 6.35. The van der Waals surface area contributed by atoms with Crippen LogP contribution in [0, 0.1) is 0 Å². The number of likely N-dealkylation sites (tertiary alicyclic amines) is 1. The first-order valence-electron chi connectivity index (χ1n) is 15.1. The third kappa shape index (κ3) is 7.10. The second-order valence-corrected chi connectivity index (χ2v) is 20.9. The number of rotatable bonds is 10. The van der Waals surface area contributed by atoms with Gasteiger partial charge in [0.25, 0.3) is 0 Å². The Bertz CT molecular complexity index is 1450. The highest BCUT2D eigenvalue weighted by Crippen LogP contribution is 2.58. The van der Waals surface area contributed by atoms with Crippen LogP contribution in [0.25, 0.3) is 0 Å². The van der Waals surface area contributed by atoms with Crippen LogP contribution in [0.2, 0.25) is 35.7 Å². The summed E-state index contributed by atoms with van der Waals surface area (Å²) in [6, 6.07) is 13.5. The first-order valence-corrected chi connectivity index (χ1v) is 20.0. The molecule has 2 aromatic rings. The lowest BCUT2D eigenvalue weighted by molar-refractivity contribution is -0.156. The molecule has 2 aliphatic heterocycles. The highest BCUT2D eigenvalue weighted by molar-refractivity contribution is 7.80. The van der Waals surface area contributed by atoms with E-state index in [1.807, 2.05) is 75.1 Å². The zero-order chi connectivity index (χ0) is 32.6. The quantitative estimate of drug-likeness (QED) is 0.0830. The van der Waals surface area contributed by atoms with Crippen molar-refractivity contribution >= 4 is 66.0 Å². The largest absolute Gasteiger partial charge is 0.459 e. The number of halogens is 2. The van der Waals surface area contributed by atoms with E-state index < -0.39 is 37.0 Å². The van der Waals surface area contributed by atoms with Crippen molar-refractivity contribution in [1.82, 2.24) is 4.90 Å². The monoisotopic (exact) mass is 674 g/mol. The minimum Gasteiger partial charge on any atom is -0.459 e. The zero-order valence-electron chi connectivity index (χ0n) is 26.8. The Hall–Kier alpha value is -2.23. The van der Waals surface area contributed by atoms with Gasteiger partial charge in [-0.25, -0.2) is 0 Å². The molecule has 3 atom stereocenters. The predicted octanol–water partition coefficient (Wildman–Crippen LogP) is 8.38. The Labute approximate surface area is 278 Å². The van der Waals surface area contributed by atoms with Crippen molar-refractivity contribution in [2.75, 3.05) is 24.8 Å². The van der Waals surface area contributed by atoms with Gasteiger partial charge in [0.05, 0.1) is 16.7 Å². The molecular formula is C34H44Cl2N2O4SSi. The molecule has 0 bridgehead atoms. The molecule has 0 aromatic heterocycles. The Kier molecular flexibility index (Phi) is 10.4. The molecule has 2 heterocycles. The number of ether oxygens (including phenoxy) is 2. The summed E-state index contributed by atoms with van der Waals surface area (Å²) in [6.07, 6.45) is 0.926. The third-order valence-corrected chi connectivity index (χ3v) is 10.9. The van der Waals surface area contributed by atoms with E-state index in [1.54, 1.807) is 4.90 Å². The summed E-state index contributed by atoms with van der Waals surface area (Å²) in [7, 11) is -1.35. The number of amides is 1. The molecule has 238 valence electrons. The van der Waals surface area contributed by atoms with Crippen LogP contribution < -0.4 is 4.90 Å². The maximum absolute atomic E-state index is 15.3. The maximum atomic E-state index is 15.3. The molecule has 2 aromatic carbocycles. The summed E-state index contributed by atoms with van der Waals surface area (Å²) in [6.45, 7) is 19.4. The van der Waals surface area contributed by atoms with Crippen LogP contribution in [0.5, 0.6) is 0 Å². The van der Waals surface area contributed by atoms with Crippen molar-refractivity contribution in [3.05, 3.63) is 75.8 Å². The molecule has 0 N–H and O–H groups in total. The van der Waals surface area contributed by atoms with Crippen LogP contribution in [-0.2, 0) is 24.5 Å². The van der Waals surface area contributed by atoms with Gasteiger partial charge in [0.2, 0.25) is 5.91 Å². The van der Waals surface area contributed by atoms with Crippen molar-refractivity contribution < 1.29 is 19.1 Å². The van der Waals surface area contributed by atoms with E-state index in [1.165, 1.54) is 0 Å². The van der Waals surface area contributed by atoms with Gasteiger partial charge in [-0.3, -0.25) is 14.5 Å². The molecule has 0 unspecified atom stereocenters. The van der Waals surface area contributed by atoms with Gasteiger partial charge >= 0.3 is 5.97 Å². The lowest BCUT2D eigenvalue weighted by Gasteiger charge is -2.53. The van der Waals surface area contributed by atoms with Crippen LogP contribution >= 0.6 is 35.4 Å². The highest BCUT2D eigenvalue weighted by Gasteiger charge is 2.64. The van der Waals surface area contributed by atoms with Gasteiger partial charge in [0, 0.05) is 37.1 Å². The summed E-state index contributed by atoms with van der Waals surface area (Å²) in [5, 5.41) is 1.08. The number of esters is 1. The number of carbonyl (C=O) groups excluding carboxylic acids is 2. The molecular weight excluding hydrogens is 631 g/mol. The van der Waals surface area contributed by atoms with Gasteiger partial charge in [-0.05, 0) is 68.6 Å². The topological polar surface area (TPSA) is 59.1 Å². The van der Waals surface area contributed by atoms with Crippen molar-refractivity contribution in [3.63, 3.8) is 0 Å². The highest BCUT2D eigenvalue weighted by atomic mass is 35.5. The van der Waals surface area contributed by atoms with Crippen molar-refractivity contribution in [1.29, 1.82) is 0 Å². The number of nitrogens with zero attached hydrogens (tertiary/aromatic N) is 2. The molecule has 10 heteroatoms. The number of hydrogen-bond donors (Lipinski definition) is 0. The first kappa shape index (κ1) is 34.6. The van der Waals surface area contributed by atoms with Gasteiger partial charge in [-0.1, -0.05) is 92.3 Å². The van der Waals surface area contributed by atoms with E-state index in [2.05, 4.69) is 26.2 Å². The van der Waals surface area contributed by atoms with Gasteiger partial charge in [0.1, 0.15) is 24.3 Å². The minimum atomic E-state index is -1.35. The average molecular weight is 676 g/mol.